The molecular formula is C18H21NO2S. The molecule has 0 fully saturated rings. The second-order valence-corrected chi connectivity index (χ2v) is 6.13. The number of para-hydroxylation sites is 1. The van der Waals surface area contributed by atoms with Gasteiger partial charge in [0.2, 0.25) is 0 Å². The van der Waals surface area contributed by atoms with Crippen LogP contribution in [0.4, 0.5) is 0 Å². The predicted octanol–water partition coefficient (Wildman–Crippen LogP) is 3.36. The zero-order valence-electron chi connectivity index (χ0n) is 12.7. The number of rotatable bonds is 8. The van der Waals surface area contributed by atoms with Gasteiger partial charge in [0.1, 0.15) is 12.4 Å². The number of nitrogens with one attached hydrogen (secondary N) is 1. The van der Waals surface area contributed by atoms with E-state index in [9.17, 15) is 5.11 Å². The summed E-state index contributed by atoms with van der Waals surface area (Å²) in [5.41, 5.74) is 1.07. The molecule has 0 spiro atoms. The van der Waals surface area contributed by atoms with Crippen LogP contribution in [0.25, 0.3) is 0 Å². The summed E-state index contributed by atoms with van der Waals surface area (Å²) in [5, 5.41) is 15.6. The van der Waals surface area contributed by atoms with Crippen LogP contribution in [0.5, 0.6) is 5.75 Å². The highest BCUT2D eigenvalue weighted by molar-refractivity contribution is 7.10. The fourth-order valence-corrected chi connectivity index (χ4v) is 2.93. The van der Waals surface area contributed by atoms with Crippen molar-refractivity contribution in [1.82, 2.24) is 5.32 Å². The first kappa shape index (κ1) is 16.6. The van der Waals surface area contributed by atoms with Crippen LogP contribution in [0.1, 0.15) is 29.9 Å². The molecule has 2 rings (SSSR count). The van der Waals surface area contributed by atoms with Crippen molar-refractivity contribution in [2.24, 2.45) is 0 Å². The lowest BCUT2D eigenvalue weighted by Gasteiger charge is -2.18. The van der Waals surface area contributed by atoms with Crippen LogP contribution in [0, 0.1) is 12.3 Å². The first-order chi connectivity index (χ1) is 10.7. The Labute approximate surface area is 136 Å². The standard InChI is InChI=1S/C18H21NO2S/c1-3-10-21-17-8-5-4-7-15(17)13-19-14(2)12-16(20)18-9-6-11-22-18/h1,4-9,11,14,16,19-20H,10,12-13H2,2H3. The van der Waals surface area contributed by atoms with Gasteiger partial charge in [0.05, 0.1) is 6.10 Å². The van der Waals surface area contributed by atoms with Gasteiger partial charge in [-0.05, 0) is 30.9 Å². The van der Waals surface area contributed by atoms with E-state index in [4.69, 9.17) is 11.2 Å². The number of hydrogen-bond acceptors (Lipinski definition) is 4. The third kappa shape index (κ3) is 4.88. The van der Waals surface area contributed by atoms with E-state index in [2.05, 4.69) is 18.2 Å². The maximum Gasteiger partial charge on any atom is 0.148 e. The van der Waals surface area contributed by atoms with E-state index in [0.717, 1.165) is 16.2 Å². The highest BCUT2D eigenvalue weighted by atomic mass is 32.1. The van der Waals surface area contributed by atoms with Crippen LogP contribution in [0.3, 0.4) is 0 Å². The second kappa shape index (κ2) is 8.60. The molecule has 0 radical (unpaired) electrons. The molecule has 1 aromatic carbocycles. The maximum atomic E-state index is 10.2. The monoisotopic (exact) mass is 315 g/mol. The summed E-state index contributed by atoms with van der Waals surface area (Å²) in [5.74, 6) is 3.28. The number of hydrogen-bond donors (Lipinski definition) is 2. The summed E-state index contributed by atoms with van der Waals surface area (Å²) in [6.45, 7) is 3.02. The first-order valence-electron chi connectivity index (χ1n) is 7.29. The highest BCUT2D eigenvalue weighted by Gasteiger charge is 2.13. The third-order valence-electron chi connectivity index (χ3n) is 3.37. The fraction of sp³-hybridized carbons (Fsp3) is 0.333. The lowest BCUT2D eigenvalue weighted by molar-refractivity contribution is 0.157. The number of aliphatic hydroxyl groups is 1. The number of aliphatic hydroxyl groups excluding tert-OH is 1. The van der Waals surface area contributed by atoms with Gasteiger partial charge in [0.15, 0.2) is 0 Å². The Morgan fingerprint density at radius 2 is 2.14 bits per heavy atom. The average molecular weight is 315 g/mol. The van der Waals surface area contributed by atoms with Gasteiger partial charge in [0, 0.05) is 23.0 Å². The minimum Gasteiger partial charge on any atom is -0.481 e. The van der Waals surface area contributed by atoms with Crippen LogP contribution in [0.15, 0.2) is 41.8 Å². The van der Waals surface area contributed by atoms with Crippen molar-refractivity contribution in [2.45, 2.75) is 32.0 Å². The quantitative estimate of drug-likeness (QED) is 0.734. The number of terminal acetylenes is 1. The second-order valence-electron chi connectivity index (χ2n) is 5.15. The fourth-order valence-electron chi connectivity index (χ4n) is 2.21. The van der Waals surface area contributed by atoms with Gasteiger partial charge >= 0.3 is 0 Å². The minimum atomic E-state index is -0.421. The summed E-state index contributed by atoms with van der Waals surface area (Å²) in [7, 11) is 0. The van der Waals surface area contributed by atoms with Gasteiger partial charge in [-0.25, -0.2) is 0 Å². The Morgan fingerprint density at radius 1 is 1.32 bits per heavy atom. The Bertz CT molecular complexity index is 604. The molecule has 1 aromatic heterocycles. The molecule has 0 bridgehead atoms. The van der Waals surface area contributed by atoms with E-state index >= 15 is 0 Å². The van der Waals surface area contributed by atoms with Crippen molar-refractivity contribution < 1.29 is 9.84 Å². The molecule has 2 N–H and O–H groups in total. The lowest BCUT2D eigenvalue weighted by atomic mass is 10.1. The van der Waals surface area contributed by atoms with Crippen molar-refractivity contribution in [2.75, 3.05) is 6.61 Å². The number of thiophene rings is 1. The van der Waals surface area contributed by atoms with Crippen molar-refractivity contribution in [3.05, 3.63) is 52.2 Å². The van der Waals surface area contributed by atoms with E-state index in [1.807, 2.05) is 41.8 Å². The van der Waals surface area contributed by atoms with Crippen LogP contribution in [0.2, 0.25) is 0 Å². The summed E-state index contributed by atoms with van der Waals surface area (Å²) in [6.07, 6.45) is 5.49. The van der Waals surface area contributed by atoms with Gasteiger partial charge in [-0.1, -0.05) is 30.2 Å². The summed E-state index contributed by atoms with van der Waals surface area (Å²) in [6, 6.07) is 12.0. The molecule has 4 heteroatoms. The predicted molar refractivity (Wildman–Crippen MR) is 91.0 cm³/mol. The Morgan fingerprint density at radius 3 is 2.86 bits per heavy atom. The van der Waals surface area contributed by atoms with Gasteiger partial charge in [-0.2, -0.15) is 0 Å². The summed E-state index contributed by atoms with van der Waals surface area (Å²) in [4.78, 5) is 1.01. The van der Waals surface area contributed by atoms with Crippen molar-refractivity contribution in [3.63, 3.8) is 0 Å². The van der Waals surface area contributed by atoms with E-state index in [-0.39, 0.29) is 12.6 Å². The largest absolute Gasteiger partial charge is 0.481 e. The molecule has 116 valence electrons. The zero-order chi connectivity index (χ0) is 15.8. The van der Waals surface area contributed by atoms with E-state index < -0.39 is 6.10 Å². The molecule has 0 aliphatic rings. The lowest BCUT2D eigenvalue weighted by Crippen LogP contribution is -2.27. The average Bonchev–Trinajstić information content (AvgIpc) is 3.06. The SMILES string of the molecule is C#CCOc1ccccc1CNC(C)CC(O)c1cccs1. The molecule has 0 amide bonds. The van der Waals surface area contributed by atoms with Crippen molar-refractivity contribution >= 4 is 11.3 Å². The van der Waals surface area contributed by atoms with E-state index in [1.165, 1.54) is 0 Å². The molecule has 2 atom stereocenters. The molecule has 2 unspecified atom stereocenters. The maximum absolute atomic E-state index is 10.2. The molecule has 0 saturated heterocycles. The van der Waals surface area contributed by atoms with Gasteiger partial charge < -0.3 is 15.2 Å². The highest BCUT2D eigenvalue weighted by Crippen LogP contribution is 2.23. The smallest absolute Gasteiger partial charge is 0.148 e. The number of ether oxygens (including phenoxy) is 1. The van der Waals surface area contributed by atoms with Crippen LogP contribution >= 0.6 is 11.3 Å². The minimum absolute atomic E-state index is 0.192. The third-order valence-corrected chi connectivity index (χ3v) is 4.35. The van der Waals surface area contributed by atoms with Gasteiger partial charge in [-0.15, -0.1) is 17.8 Å². The summed E-state index contributed by atoms with van der Waals surface area (Å²) < 4.78 is 5.53. The molecule has 0 saturated carbocycles. The molecule has 0 aliphatic carbocycles. The molecule has 3 nitrogen and oxygen atoms in total. The van der Waals surface area contributed by atoms with Crippen molar-refractivity contribution in [1.29, 1.82) is 0 Å². The Hall–Kier alpha value is -1.80. The van der Waals surface area contributed by atoms with Crippen LogP contribution in [-0.2, 0) is 6.54 Å². The molecule has 2 aromatic rings. The van der Waals surface area contributed by atoms with E-state index in [0.29, 0.717) is 13.0 Å². The van der Waals surface area contributed by atoms with Crippen molar-refractivity contribution in [3.8, 4) is 18.1 Å². The molecule has 22 heavy (non-hydrogen) atoms. The Kier molecular flexibility index (Phi) is 6.47. The van der Waals surface area contributed by atoms with Gasteiger partial charge in [0.25, 0.3) is 0 Å². The number of benzene rings is 1. The Balaban J connectivity index is 1.86. The first-order valence-corrected chi connectivity index (χ1v) is 8.17. The molecular weight excluding hydrogens is 294 g/mol. The topological polar surface area (TPSA) is 41.5 Å². The zero-order valence-corrected chi connectivity index (χ0v) is 13.5. The van der Waals surface area contributed by atoms with Crippen LogP contribution in [-0.4, -0.2) is 17.8 Å². The van der Waals surface area contributed by atoms with Gasteiger partial charge in [-0.3, -0.25) is 0 Å². The normalized spacial score (nSPS) is 13.3. The molecule has 0 aliphatic heterocycles. The van der Waals surface area contributed by atoms with Crippen LogP contribution < -0.4 is 10.1 Å². The summed E-state index contributed by atoms with van der Waals surface area (Å²) >= 11 is 1.58. The molecule has 1 heterocycles. The van der Waals surface area contributed by atoms with E-state index in [1.54, 1.807) is 11.3 Å².